The van der Waals surface area contributed by atoms with Gasteiger partial charge >= 0.3 is 0 Å². The zero-order valence-corrected chi connectivity index (χ0v) is 15.4. The quantitative estimate of drug-likeness (QED) is 0.427. The summed E-state index contributed by atoms with van der Waals surface area (Å²) >= 11 is 1.20. The first-order valence-corrected chi connectivity index (χ1v) is 9.26. The highest BCUT2D eigenvalue weighted by Crippen LogP contribution is 2.24. The lowest BCUT2D eigenvalue weighted by Crippen LogP contribution is -2.07. The van der Waals surface area contributed by atoms with Crippen LogP contribution in [0.1, 0.15) is 27.3 Å². The van der Waals surface area contributed by atoms with Crippen LogP contribution >= 0.6 is 11.8 Å². The Morgan fingerprint density at radius 1 is 1.04 bits per heavy atom. The van der Waals surface area contributed by atoms with Crippen LogP contribution in [0.25, 0.3) is 0 Å². The van der Waals surface area contributed by atoms with Crippen LogP contribution in [0.4, 0.5) is 8.78 Å². The first-order chi connectivity index (χ1) is 12.5. The average Bonchev–Trinajstić information content (AvgIpc) is 2.91. The Bertz CT molecular complexity index is 932. The van der Waals surface area contributed by atoms with Gasteiger partial charge in [0.05, 0.1) is 5.75 Å². The number of ketones is 1. The number of nitrogens with zero attached hydrogens (tertiary/aromatic N) is 1. The molecule has 134 valence electrons. The molecule has 0 N–H and O–H groups in total. The normalized spacial score (nSPS) is 10.9. The summed E-state index contributed by atoms with van der Waals surface area (Å²) in [6.07, 6.45) is 0. The summed E-state index contributed by atoms with van der Waals surface area (Å²) in [7, 11) is 0. The third-order valence-electron chi connectivity index (χ3n) is 4.32. The van der Waals surface area contributed by atoms with Crippen molar-refractivity contribution >= 4 is 17.5 Å². The average molecular weight is 371 g/mol. The van der Waals surface area contributed by atoms with Gasteiger partial charge in [-0.3, -0.25) is 4.79 Å². The molecule has 0 unspecified atom stereocenters. The van der Waals surface area contributed by atoms with E-state index in [1.54, 1.807) is 30.3 Å². The number of aryl methyl sites for hydroxylation is 1. The van der Waals surface area contributed by atoms with Crippen LogP contribution < -0.4 is 0 Å². The van der Waals surface area contributed by atoms with E-state index in [-0.39, 0.29) is 23.2 Å². The van der Waals surface area contributed by atoms with Gasteiger partial charge in [-0.2, -0.15) is 0 Å². The number of halogens is 2. The summed E-state index contributed by atoms with van der Waals surface area (Å²) in [5, 5.41) is 0. The fourth-order valence-electron chi connectivity index (χ4n) is 2.88. The number of carbonyl (C=O) groups excluding carboxylic acids is 1. The predicted octanol–water partition coefficient (Wildman–Crippen LogP) is 5.41. The molecule has 0 bridgehead atoms. The molecule has 0 aliphatic carbocycles. The van der Waals surface area contributed by atoms with Gasteiger partial charge in [0.25, 0.3) is 0 Å². The Kier molecular flexibility index (Phi) is 5.57. The van der Waals surface area contributed by atoms with Crippen molar-refractivity contribution in [3.05, 3.63) is 88.7 Å². The molecular weight excluding hydrogens is 352 g/mol. The molecule has 0 amide bonds. The van der Waals surface area contributed by atoms with Crippen LogP contribution in [0.5, 0.6) is 0 Å². The second-order valence-electron chi connectivity index (χ2n) is 6.14. The van der Waals surface area contributed by atoms with Gasteiger partial charge in [-0.1, -0.05) is 24.3 Å². The zero-order valence-electron chi connectivity index (χ0n) is 14.6. The van der Waals surface area contributed by atoms with E-state index in [0.29, 0.717) is 17.0 Å². The van der Waals surface area contributed by atoms with Crippen LogP contribution in [0.2, 0.25) is 0 Å². The number of hydrogen-bond acceptors (Lipinski definition) is 2. The van der Waals surface area contributed by atoms with E-state index in [1.807, 2.05) is 24.5 Å². The van der Waals surface area contributed by atoms with Gasteiger partial charge in [-0.05, 0) is 49.7 Å². The minimum Gasteiger partial charge on any atom is -0.344 e. The lowest BCUT2D eigenvalue weighted by Gasteiger charge is -2.10. The first kappa shape index (κ1) is 18.4. The van der Waals surface area contributed by atoms with Crippen LogP contribution in [0, 0.1) is 25.5 Å². The molecule has 0 fully saturated rings. The minimum atomic E-state index is -0.313. The Morgan fingerprint density at radius 2 is 1.73 bits per heavy atom. The number of aromatic nitrogens is 1. The molecule has 1 heterocycles. The summed E-state index contributed by atoms with van der Waals surface area (Å²) in [5.41, 5.74) is 3.44. The molecule has 0 aliphatic heterocycles. The summed E-state index contributed by atoms with van der Waals surface area (Å²) in [6.45, 7) is 4.42. The number of carbonyl (C=O) groups is 1. The topological polar surface area (TPSA) is 22.0 Å². The van der Waals surface area contributed by atoms with Crippen LogP contribution in [0.3, 0.4) is 0 Å². The van der Waals surface area contributed by atoms with E-state index in [4.69, 9.17) is 0 Å². The van der Waals surface area contributed by atoms with Crippen molar-refractivity contribution in [2.45, 2.75) is 25.3 Å². The van der Waals surface area contributed by atoms with Gasteiger partial charge in [0, 0.05) is 28.4 Å². The monoisotopic (exact) mass is 371 g/mol. The molecular formula is C21H19F2NOS. The van der Waals surface area contributed by atoms with Gasteiger partial charge < -0.3 is 4.57 Å². The molecule has 5 heteroatoms. The number of benzene rings is 2. The molecule has 2 nitrogen and oxygen atoms in total. The maximum absolute atomic E-state index is 13.7. The van der Waals surface area contributed by atoms with E-state index in [0.717, 1.165) is 17.0 Å². The molecule has 2 aromatic carbocycles. The molecule has 0 saturated carbocycles. The van der Waals surface area contributed by atoms with Gasteiger partial charge in [-0.15, -0.1) is 11.8 Å². The highest BCUT2D eigenvalue weighted by atomic mass is 32.2. The zero-order chi connectivity index (χ0) is 18.7. The van der Waals surface area contributed by atoms with Crippen LogP contribution in [0.15, 0.2) is 59.5 Å². The van der Waals surface area contributed by atoms with Crippen molar-refractivity contribution in [3.63, 3.8) is 0 Å². The largest absolute Gasteiger partial charge is 0.344 e. The van der Waals surface area contributed by atoms with Crippen molar-refractivity contribution in [2.75, 3.05) is 5.75 Å². The molecule has 0 atom stereocenters. The Labute approximate surface area is 155 Å². The smallest absolute Gasteiger partial charge is 0.174 e. The van der Waals surface area contributed by atoms with Gasteiger partial charge in [0.2, 0.25) is 0 Å². The maximum Gasteiger partial charge on any atom is 0.174 e. The van der Waals surface area contributed by atoms with E-state index in [2.05, 4.69) is 0 Å². The van der Waals surface area contributed by atoms with Gasteiger partial charge in [0.15, 0.2) is 5.78 Å². The number of rotatable bonds is 6. The highest BCUT2D eigenvalue weighted by molar-refractivity contribution is 8.00. The number of Topliss-reactive ketones (excluding diaryl/α,β-unsaturated/α-hetero) is 1. The third-order valence-corrected chi connectivity index (χ3v) is 5.37. The molecule has 0 aliphatic rings. The Hall–Kier alpha value is -2.40. The second kappa shape index (κ2) is 7.87. The standard InChI is InChI=1S/C21H19F2NOS/c1-14-11-18(20(25)13-26-21-6-4-3-5-19(21)23)15(2)24(14)12-16-7-9-17(22)10-8-16/h3-11H,12-13H2,1-2H3. The summed E-state index contributed by atoms with van der Waals surface area (Å²) < 4.78 is 28.8. The van der Waals surface area contributed by atoms with Crippen LogP contribution in [-0.4, -0.2) is 16.1 Å². The van der Waals surface area contributed by atoms with E-state index >= 15 is 0 Å². The van der Waals surface area contributed by atoms with Crippen molar-refractivity contribution < 1.29 is 13.6 Å². The maximum atomic E-state index is 13.7. The van der Waals surface area contributed by atoms with Crippen molar-refractivity contribution in [1.29, 1.82) is 0 Å². The van der Waals surface area contributed by atoms with Crippen molar-refractivity contribution in [3.8, 4) is 0 Å². The molecule has 0 saturated heterocycles. The molecule has 1 aromatic heterocycles. The fourth-order valence-corrected chi connectivity index (χ4v) is 3.70. The summed E-state index contributed by atoms with van der Waals surface area (Å²) in [6, 6.07) is 14.7. The molecule has 0 radical (unpaired) electrons. The molecule has 3 aromatic rings. The van der Waals surface area contributed by atoms with Gasteiger partial charge in [-0.25, -0.2) is 8.78 Å². The molecule has 0 spiro atoms. The Morgan fingerprint density at radius 3 is 2.42 bits per heavy atom. The van der Waals surface area contributed by atoms with Crippen LogP contribution in [-0.2, 0) is 6.54 Å². The Balaban J connectivity index is 1.75. The lowest BCUT2D eigenvalue weighted by atomic mass is 10.2. The second-order valence-corrected chi connectivity index (χ2v) is 7.16. The number of thioether (sulfide) groups is 1. The summed E-state index contributed by atoms with van der Waals surface area (Å²) in [5.74, 6) is -0.429. The van der Waals surface area contributed by atoms with E-state index in [9.17, 15) is 13.6 Å². The van der Waals surface area contributed by atoms with Crippen molar-refractivity contribution in [2.24, 2.45) is 0 Å². The SMILES string of the molecule is Cc1cc(C(=O)CSc2ccccc2F)c(C)n1Cc1ccc(F)cc1. The molecule has 26 heavy (non-hydrogen) atoms. The first-order valence-electron chi connectivity index (χ1n) is 8.27. The van der Waals surface area contributed by atoms with E-state index in [1.165, 1.54) is 30.0 Å². The number of hydrogen-bond donors (Lipinski definition) is 0. The predicted molar refractivity (Wildman–Crippen MR) is 101 cm³/mol. The van der Waals surface area contributed by atoms with E-state index < -0.39 is 0 Å². The fraction of sp³-hybridized carbons (Fsp3) is 0.190. The lowest BCUT2D eigenvalue weighted by molar-refractivity contribution is 0.102. The van der Waals surface area contributed by atoms with Gasteiger partial charge in [0.1, 0.15) is 11.6 Å². The minimum absolute atomic E-state index is 0.0308. The highest BCUT2D eigenvalue weighted by Gasteiger charge is 2.16. The summed E-state index contributed by atoms with van der Waals surface area (Å²) in [4.78, 5) is 13.1. The molecule has 3 rings (SSSR count). The third kappa shape index (κ3) is 4.05. The van der Waals surface area contributed by atoms with Crippen molar-refractivity contribution in [1.82, 2.24) is 4.57 Å².